The van der Waals surface area contributed by atoms with Gasteiger partial charge in [-0.1, -0.05) is 20.8 Å². The topological polar surface area (TPSA) is 35.5 Å². The molecule has 2 aliphatic rings. The van der Waals surface area contributed by atoms with E-state index in [2.05, 4.69) is 31.0 Å². The van der Waals surface area contributed by atoms with E-state index in [9.17, 15) is 5.11 Å². The maximum Gasteiger partial charge on any atom is 0.0696 e. The quantitative estimate of drug-likeness (QED) is 0.636. The van der Waals surface area contributed by atoms with E-state index >= 15 is 0 Å². The molecule has 0 radical (unpaired) electrons. The molecule has 14 heavy (non-hydrogen) atoms. The van der Waals surface area contributed by atoms with E-state index in [0.717, 1.165) is 32.7 Å². The molecule has 2 aliphatic heterocycles. The highest BCUT2D eigenvalue weighted by Gasteiger charge is 2.52. The summed E-state index contributed by atoms with van der Waals surface area (Å²) in [5.41, 5.74) is 0.0858. The van der Waals surface area contributed by atoms with Crippen LogP contribution >= 0.6 is 0 Å². The number of hydrogen-bond acceptors (Lipinski definition) is 3. The van der Waals surface area contributed by atoms with Crippen molar-refractivity contribution in [2.24, 2.45) is 10.8 Å². The van der Waals surface area contributed by atoms with Crippen LogP contribution in [0.2, 0.25) is 0 Å². The number of likely N-dealkylation sites (tertiary alicyclic amines) is 1. The average Bonchev–Trinajstić information content (AvgIpc) is 2.11. The zero-order valence-electron chi connectivity index (χ0n) is 9.51. The molecule has 0 unspecified atom stereocenters. The van der Waals surface area contributed by atoms with Crippen LogP contribution in [0.15, 0.2) is 0 Å². The third-order valence-electron chi connectivity index (χ3n) is 3.99. The predicted octanol–water partition coefficient (Wildman–Crippen LogP) is 0.299. The first-order valence-electron chi connectivity index (χ1n) is 5.61. The first kappa shape index (κ1) is 10.4. The van der Waals surface area contributed by atoms with Gasteiger partial charge in [0.25, 0.3) is 0 Å². The first-order chi connectivity index (χ1) is 6.50. The smallest absolute Gasteiger partial charge is 0.0696 e. The number of piperidine rings is 2. The molecule has 0 spiro atoms. The van der Waals surface area contributed by atoms with Gasteiger partial charge in [0.05, 0.1) is 6.10 Å². The van der Waals surface area contributed by atoms with Gasteiger partial charge in [0.15, 0.2) is 0 Å². The molecule has 0 aromatic heterocycles. The van der Waals surface area contributed by atoms with Gasteiger partial charge in [-0.15, -0.1) is 0 Å². The predicted molar refractivity (Wildman–Crippen MR) is 57.2 cm³/mol. The SMILES string of the molecule is CCN1C[C@@]2(C)CNC[C@](C)(C1)C2O. The molecular formula is C11H22N2O. The number of hydrogen-bond donors (Lipinski definition) is 2. The van der Waals surface area contributed by atoms with Gasteiger partial charge in [0, 0.05) is 37.0 Å². The molecular weight excluding hydrogens is 176 g/mol. The molecule has 2 atom stereocenters. The van der Waals surface area contributed by atoms with E-state index in [0.29, 0.717) is 0 Å². The largest absolute Gasteiger partial charge is 0.392 e. The Hall–Kier alpha value is -0.120. The maximum absolute atomic E-state index is 10.4. The molecule has 0 aliphatic carbocycles. The summed E-state index contributed by atoms with van der Waals surface area (Å²) < 4.78 is 0. The Morgan fingerprint density at radius 3 is 2.21 bits per heavy atom. The van der Waals surface area contributed by atoms with Crippen molar-refractivity contribution >= 4 is 0 Å². The van der Waals surface area contributed by atoms with Crippen LogP contribution in [-0.2, 0) is 0 Å². The van der Waals surface area contributed by atoms with Crippen LogP contribution in [0.5, 0.6) is 0 Å². The summed E-state index contributed by atoms with van der Waals surface area (Å²) in [5, 5.41) is 13.8. The van der Waals surface area contributed by atoms with E-state index in [-0.39, 0.29) is 16.9 Å². The summed E-state index contributed by atoms with van der Waals surface area (Å²) >= 11 is 0. The minimum Gasteiger partial charge on any atom is -0.392 e. The summed E-state index contributed by atoms with van der Waals surface area (Å²) in [6, 6.07) is 0. The fraction of sp³-hybridized carbons (Fsp3) is 1.00. The number of nitrogens with zero attached hydrogens (tertiary/aromatic N) is 1. The first-order valence-corrected chi connectivity index (χ1v) is 5.61. The molecule has 2 fully saturated rings. The molecule has 3 heteroatoms. The van der Waals surface area contributed by atoms with Gasteiger partial charge >= 0.3 is 0 Å². The van der Waals surface area contributed by atoms with Gasteiger partial charge in [0.1, 0.15) is 0 Å². The molecule has 0 aromatic rings. The Morgan fingerprint density at radius 2 is 1.79 bits per heavy atom. The highest BCUT2D eigenvalue weighted by Crippen LogP contribution is 2.42. The molecule has 2 bridgehead atoms. The van der Waals surface area contributed by atoms with Crippen molar-refractivity contribution in [3.05, 3.63) is 0 Å². The third-order valence-corrected chi connectivity index (χ3v) is 3.99. The number of nitrogens with one attached hydrogen (secondary N) is 1. The van der Waals surface area contributed by atoms with Gasteiger partial charge < -0.3 is 15.3 Å². The summed E-state index contributed by atoms with van der Waals surface area (Å²) in [6.07, 6.45) is -0.154. The second kappa shape index (κ2) is 3.19. The van der Waals surface area contributed by atoms with E-state index in [1.165, 1.54) is 0 Å². The Bertz CT molecular complexity index is 213. The number of aliphatic hydroxyl groups is 1. The molecule has 2 N–H and O–H groups in total. The fourth-order valence-corrected chi connectivity index (χ4v) is 3.25. The third kappa shape index (κ3) is 1.38. The molecule has 0 saturated carbocycles. The van der Waals surface area contributed by atoms with Gasteiger partial charge in [-0.25, -0.2) is 0 Å². The molecule has 3 nitrogen and oxygen atoms in total. The van der Waals surface area contributed by atoms with Crippen molar-refractivity contribution < 1.29 is 5.11 Å². The van der Waals surface area contributed by atoms with Crippen LogP contribution < -0.4 is 5.32 Å². The van der Waals surface area contributed by atoms with E-state index < -0.39 is 0 Å². The summed E-state index contributed by atoms with van der Waals surface area (Å²) in [5.74, 6) is 0. The maximum atomic E-state index is 10.4. The minimum atomic E-state index is -0.154. The van der Waals surface area contributed by atoms with E-state index in [1.807, 2.05) is 0 Å². The zero-order valence-corrected chi connectivity index (χ0v) is 9.51. The highest BCUT2D eigenvalue weighted by molar-refractivity contribution is 5.06. The highest BCUT2D eigenvalue weighted by atomic mass is 16.3. The Kier molecular flexibility index (Phi) is 2.37. The Balaban J connectivity index is 2.25. The van der Waals surface area contributed by atoms with Crippen LogP contribution in [0, 0.1) is 10.8 Å². The Labute approximate surface area is 86.5 Å². The lowest BCUT2D eigenvalue weighted by atomic mass is 9.63. The van der Waals surface area contributed by atoms with E-state index in [1.54, 1.807) is 0 Å². The molecule has 82 valence electrons. The molecule has 0 amide bonds. The summed E-state index contributed by atoms with van der Waals surface area (Å²) in [4.78, 5) is 2.47. The van der Waals surface area contributed by atoms with Crippen LogP contribution in [0.1, 0.15) is 20.8 Å². The van der Waals surface area contributed by atoms with Gasteiger partial charge in [-0.05, 0) is 6.54 Å². The Morgan fingerprint density at radius 1 is 1.29 bits per heavy atom. The molecule has 2 heterocycles. The van der Waals surface area contributed by atoms with Crippen LogP contribution in [-0.4, -0.2) is 48.8 Å². The molecule has 2 saturated heterocycles. The van der Waals surface area contributed by atoms with Crippen molar-refractivity contribution in [2.75, 3.05) is 32.7 Å². The molecule has 0 aromatic carbocycles. The minimum absolute atomic E-state index is 0.0429. The van der Waals surface area contributed by atoms with Crippen molar-refractivity contribution in [1.82, 2.24) is 10.2 Å². The lowest BCUT2D eigenvalue weighted by Crippen LogP contribution is -2.69. The molecule has 2 rings (SSSR count). The average molecular weight is 198 g/mol. The second-order valence-electron chi connectivity index (χ2n) is 5.62. The van der Waals surface area contributed by atoms with Gasteiger partial charge in [-0.3, -0.25) is 0 Å². The van der Waals surface area contributed by atoms with Gasteiger partial charge in [-0.2, -0.15) is 0 Å². The zero-order chi connectivity index (χ0) is 10.4. The number of rotatable bonds is 1. The van der Waals surface area contributed by atoms with E-state index in [4.69, 9.17) is 0 Å². The number of fused-ring (bicyclic) bond motifs is 2. The lowest BCUT2D eigenvalue weighted by Gasteiger charge is -2.57. The summed E-state index contributed by atoms with van der Waals surface area (Å²) in [6.45, 7) is 11.6. The monoisotopic (exact) mass is 198 g/mol. The fourth-order valence-electron chi connectivity index (χ4n) is 3.25. The van der Waals surface area contributed by atoms with Crippen molar-refractivity contribution in [3.8, 4) is 0 Å². The standard InChI is InChI=1S/C11H22N2O/c1-4-13-7-10(2)5-12-6-11(3,8-13)9(10)14/h9,12,14H,4-8H2,1-3H3/t10-,11-/m1/s1. The van der Waals surface area contributed by atoms with Crippen LogP contribution in [0.4, 0.5) is 0 Å². The summed E-state index contributed by atoms with van der Waals surface area (Å²) in [7, 11) is 0. The van der Waals surface area contributed by atoms with Crippen molar-refractivity contribution in [1.29, 1.82) is 0 Å². The van der Waals surface area contributed by atoms with Crippen molar-refractivity contribution in [2.45, 2.75) is 26.9 Å². The van der Waals surface area contributed by atoms with Crippen molar-refractivity contribution in [3.63, 3.8) is 0 Å². The second-order valence-corrected chi connectivity index (χ2v) is 5.62. The van der Waals surface area contributed by atoms with Crippen LogP contribution in [0.25, 0.3) is 0 Å². The van der Waals surface area contributed by atoms with Gasteiger partial charge in [0.2, 0.25) is 0 Å². The normalized spacial score (nSPS) is 49.3. The number of aliphatic hydroxyl groups excluding tert-OH is 1. The lowest BCUT2D eigenvalue weighted by molar-refractivity contribution is -0.140. The van der Waals surface area contributed by atoms with Crippen LogP contribution in [0.3, 0.4) is 0 Å².